The lowest BCUT2D eigenvalue weighted by Crippen LogP contribution is -2.47. The number of anilines is 1. The number of benzene rings is 2. The molecule has 2 aromatic rings. The number of carboxylic acid groups (broad SMARTS) is 1. The third kappa shape index (κ3) is 3.78. The summed E-state index contributed by atoms with van der Waals surface area (Å²) in [5.74, 6) is -1.63. The van der Waals surface area contributed by atoms with Gasteiger partial charge >= 0.3 is 5.97 Å². The van der Waals surface area contributed by atoms with Crippen molar-refractivity contribution >= 4 is 53.5 Å². The minimum atomic E-state index is -3.91. The molecule has 138 valence electrons. The van der Waals surface area contributed by atoms with Gasteiger partial charge in [0, 0.05) is 21.1 Å². The number of sulfonamides is 1. The largest absolute Gasteiger partial charge is 0.480 e. The molecule has 0 radical (unpaired) electrons. The van der Waals surface area contributed by atoms with E-state index in [1.54, 1.807) is 18.2 Å². The highest BCUT2D eigenvalue weighted by molar-refractivity contribution is 9.10. The molecule has 0 saturated carbocycles. The molecule has 1 heterocycles. The van der Waals surface area contributed by atoms with Crippen LogP contribution in [-0.2, 0) is 21.4 Å². The summed E-state index contributed by atoms with van der Waals surface area (Å²) in [4.78, 5) is 12.6. The molecule has 0 aliphatic carbocycles. The maximum absolute atomic E-state index is 14.2. The number of hydrogen-bond donors (Lipinski definition) is 1. The second kappa shape index (κ2) is 7.26. The molecule has 1 N–H and O–H groups in total. The van der Waals surface area contributed by atoms with Crippen molar-refractivity contribution in [3.05, 3.63) is 56.7 Å². The van der Waals surface area contributed by atoms with Crippen molar-refractivity contribution in [2.75, 3.05) is 18.1 Å². The summed E-state index contributed by atoms with van der Waals surface area (Å²) >= 11 is 6.40. The maximum atomic E-state index is 14.2. The average Bonchev–Trinajstić information content (AvgIpc) is 2.54. The van der Waals surface area contributed by atoms with Gasteiger partial charge in [0.05, 0.1) is 12.4 Å². The van der Waals surface area contributed by atoms with Crippen molar-refractivity contribution in [1.29, 1.82) is 0 Å². The van der Waals surface area contributed by atoms with E-state index in [4.69, 9.17) is 5.11 Å². The summed E-state index contributed by atoms with van der Waals surface area (Å²) in [5.41, 5.74) is 0.508. The summed E-state index contributed by atoms with van der Waals surface area (Å²) in [6, 6.07) is 8.99. The van der Waals surface area contributed by atoms with Crippen LogP contribution in [0.15, 0.2) is 50.2 Å². The third-order valence-electron chi connectivity index (χ3n) is 3.90. The van der Waals surface area contributed by atoms with Gasteiger partial charge < -0.3 is 10.0 Å². The highest BCUT2D eigenvalue weighted by Gasteiger charge is 2.36. The average molecular weight is 508 g/mol. The molecule has 1 aliphatic heterocycles. The molecule has 10 heteroatoms. The molecular weight excluding hydrogens is 495 g/mol. The number of hydrogen-bond acceptors (Lipinski definition) is 4. The van der Waals surface area contributed by atoms with Gasteiger partial charge in [0.15, 0.2) is 0 Å². The Morgan fingerprint density at radius 3 is 2.46 bits per heavy atom. The van der Waals surface area contributed by atoms with E-state index in [1.165, 1.54) is 23.1 Å². The van der Waals surface area contributed by atoms with Gasteiger partial charge in [0.1, 0.15) is 17.3 Å². The lowest BCUT2D eigenvalue weighted by molar-refractivity contribution is -0.135. The van der Waals surface area contributed by atoms with Gasteiger partial charge in [-0.1, -0.05) is 37.9 Å². The Kier molecular flexibility index (Phi) is 5.38. The van der Waals surface area contributed by atoms with E-state index in [9.17, 15) is 17.6 Å². The molecule has 26 heavy (non-hydrogen) atoms. The van der Waals surface area contributed by atoms with Crippen molar-refractivity contribution in [1.82, 2.24) is 4.31 Å². The normalized spacial score (nSPS) is 16.3. The van der Waals surface area contributed by atoms with Crippen molar-refractivity contribution in [2.45, 2.75) is 11.4 Å². The van der Waals surface area contributed by atoms with Crippen LogP contribution in [-0.4, -0.2) is 37.0 Å². The first-order chi connectivity index (χ1) is 12.2. The molecule has 0 unspecified atom stereocenters. The van der Waals surface area contributed by atoms with Crippen molar-refractivity contribution < 1.29 is 22.7 Å². The number of rotatable bonds is 4. The van der Waals surface area contributed by atoms with E-state index >= 15 is 0 Å². The third-order valence-corrected chi connectivity index (χ3v) is 6.69. The fourth-order valence-corrected chi connectivity index (χ4v) is 5.17. The summed E-state index contributed by atoms with van der Waals surface area (Å²) in [6.07, 6.45) is 0. The molecular formula is C16H13Br2FN2O4S. The number of nitrogens with zero attached hydrogens (tertiary/aromatic N) is 2. The van der Waals surface area contributed by atoms with Crippen LogP contribution in [0, 0.1) is 5.82 Å². The summed E-state index contributed by atoms with van der Waals surface area (Å²) in [6.45, 7) is -0.758. The van der Waals surface area contributed by atoms with E-state index in [2.05, 4.69) is 31.9 Å². The fourth-order valence-electron chi connectivity index (χ4n) is 2.71. The number of fused-ring (bicyclic) bond motifs is 1. The Labute approximate surface area is 166 Å². The van der Waals surface area contributed by atoms with Crippen LogP contribution in [0.2, 0.25) is 0 Å². The molecule has 0 bridgehead atoms. The quantitative estimate of drug-likeness (QED) is 0.686. The van der Waals surface area contributed by atoms with Crippen molar-refractivity contribution in [3.8, 4) is 0 Å². The predicted molar refractivity (Wildman–Crippen MR) is 101 cm³/mol. The Bertz CT molecular complexity index is 984. The van der Waals surface area contributed by atoms with E-state index in [1.807, 2.05) is 0 Å². The monoisotopic (exact) mass is 506 g/mol. The number of carboxylic acids is 1. The Morgan fingerprint density at radius 1 is 1.15 bits per heavy atom. The van der Waals surface area contributed by atoms with Crippen LogP contribution in [0.1, 0.15) is 5.56 Å². The Hall–Kier alpha value is -1.49. The maximum Gasteiger partial charge on any atom is 0.323 e. The molecule has 0 aromatic heterocycles. The zero-order valence-electron chi connectivity index (χ0n) is 13.2. The van der Waals surface area contributed by atoms with Gasteiger partial charge in [0.2, 0.25) is 10.0 Å². The van der Waals surface area contributed by atoms with Gasteiger partial charge in [-0.3, -0.25) is 4.79 Å². The second-order valence-electron chi connectivity index (χ2n) is 5.70. The smallest absolute Gasteiger partial charge is 0.323 e. The number of aliphatic carboxylic acids is 1. The van der Waals surface area contributed by atoms with Crippen LogP contribution in [0.5, 0.6) is 0 Å². The molecule has 0 amide bonds. The van der Waals surface area contributed by atoms with Gasteiger partial charge in [-0.25, -0.2) is 12.8 Å². The summed E-state index contributed by atoms with van der Waals surface area (Å²) in [5, 5.41) is 9.14. The minimum Gasteiger partial charge on any atom is -0.480 e. The first-order valence-corrected chi connectivity index (χ1v) is 10.4. The topological polar surface area (TPSA) is 77.9 Å². The van der Waals surface area contributed by atoms with Crippen molar-refractivity contribution in [2.24, 2.45) is 0 Å². The van der Waals surface area contributed by atoms with E-state index in [-0.39, 0.29) is 30.2 Å². The van der Waals surface area contributed by atoms with Crippen molar-refractivity contribution in [3.63, 3.8) is 0 Å². The van der Waals surface area contributed by atoms with Gasteiger partial charge in [-0.05, 0) is 30.3 Å². The molecule has 0 saturated heterocycles. The van der Waals surface area contributed by atoms with Gasteiger partial charge in [-0.2, -0.15) is 4.31 Å². The number of halogens is 3. The second-order valence-corrected chi connectivity index (χ2v) is 9.43. The Morgan fingerprint density at radius 2 is 1.81 bits per heavy atom. The zero-order valence-corrected chi connectivity index (χ0v) is 17.2. The lowest BCUT2D eigenvalue weighted by atomic mass is 10.2. The molecule has 2 aromatic carbocycles. The zero-order chi connectivity index (χ0) is 19.1. The summed E-state index contributed by atoms with van der Waals surface area (Å²) in [7, 11) is -3.91. The molecule has 0 fully saturated rings. The van der Waals surface area contributed by atoms with Crippen LogP contribution >= 0.6 is 31.9 Å². The van der Waals surface area contributed by atoms with Gasteiger partial charge in [-0.15, -0.1) is 0 Å². The number of carbonyl (C=O) groups is 1. The molecule has 3 rings (SSSR count). The predicted octanol–water partition coefficient (Wildman–Crippen LogP) is 3.40. The first-order valence-electron chi connectivity index (χ1n) is 7.39. The van der Waals surface area contributed by atoms with E-state index < -0.39 is 21.8 Å². The van der Waals surface area contributed by atoms with Crippen LogP contribution < -0.4 is 4.90 Å². The summed E-state index contributed by atoms with van der Waals surface area (Å²) < 4.78 is 42.3. The molecule has 6 nitrogen and oxygen atoms in total. The highest BCUT2D eigenvalue weighted by Crippen LogP contribution is 2.36. The van der Waals surface area contributed by atoms with E-state index in [0.717, 1.165) is 4.31 Å². The van der Waals surface area contributed by atoms with Crippen LogP contribution in [0.4, 0.5) is 10.1 Å². The van der Waals surface area contributed by atoms with Crippen LogP contribution in [0.3, 0.4) is 0 Å². The first kappa shape index (κ1) is 19.3. The lowest BCUT2D eigenvalue weighted by Gasteiger charge is -2.37. The highest BCUT2D eigenvalue weighted by atomic mass is 79.9. The standard InChI is InChI=1S/C16H13Br2FN2O4S/c17-11-2-1-10(13(19)5-11)7-21-9-20(8-16(22)23)14-4-3-12(18)6-15(14)26(21,24)25/h1-6H,7-9H2,(H,22,23). The molecule has 0 spiro atoms. The van der Waals surface area contributed by atoms with Crippen LogP contribution in [0.25, 0.3) is 0 Å². The molecule has 1 aliphatic rings. The SMILES string of the molecule is O=C(O)CN1CN(Cc2ccc(Br)cc2F)S(=O)(=O)c2cc(Br)ccc21. The van der Waals surface area contributed by atoms with Gasteiger partial charge in [0.25, 0.3) is 0 Å². The Balaban J connectivity index is 2.04. The minimum absolute atomic E-state index is 0.0168. The van der Waals surface area contributed by atoms with E-state index in [0.29, 0.717) is 14.6 Å². The fraction of sp³-hybridized carbons (Fsp3) is 0.188. The molecule has 0 atom stereocenters.